The topological polar surface area (TPSA) is 75.4 Å². The molecule has 2 atom stereocenters. The van der Waals surface area contributed by atoms with Crippen molar-refractivity contribution in [2.75, 3.05) is 24.5 Å². The van der Waals surface area contributed by atoms with Crippen molar-refractivity contribution < 1.29 is 13.6 Å². The number of nitrogens with zero attached hydrogens (tertiary/aromatic N) is 5. The fourth-order valence-electron chi connectivity index (χ4n) is 3.56. The molecule has 4 rings (SSSR count). The number of aromatic nitrogens is 3. The van der Waals surface area contributed by atoms with E-state index in [0.29, 0.717) is 25.0 Å². The third kappa shape index (κ3) is 2.71. The Morgan fingerprint density at radius 3 is 3.00 bits per heavy atom. The van der Waals surface area contributed by atoms with Gasteiger partial charge < -0.3 is 14.2 Å². The molecule has 0 saturated carbocycles. The van der Waals surface area contributed by atoms with Crippen LogP contribution in [0.15, 0.2) is 23.2 Å². The van der Waals surface area contributed by atoms with Crippen LogP contribution in [-0.4, -0.2) is 51.7 Å². The molecule has 0 aliphatic carbocycles. The van der Waals surface area contributed by atoms with E-state index in [1.165, 1.54) is 12.6 Å². The van der Waals surface area contributed by atoms with Gasteiger partial charge in [0.15, 0.2) is 0 Å². The van der Waals surface area contributed by atoms with Gasteiger partial charge in [0.1, 0.15) is 5.82 Å². The minimum absolute atomic E-state index is 0.0623. The van der Waals surface area contributed by atoms with Crippen LogP contribution in [0.4, 0.5) is 10.4 Å². The first-order valence-electron chi connectivity index (χ1n) is 7.70. The molecule has 0 spiro atoms. The fraction of sp³-hybridized carbons (Fsp3) is 0.467. The normalized spacial score (nSPS) is 22.9. The zero-order valence-electron chi connectivity index (χ0n) is 12.7. The average Bonchev–Trinajstić information content (AvgIpc) is 3.18. The number of pyridine rings is 1. The molecule has 2 bridgehead atoms. The maximum atomic E-state index is 13.8. The van der Waals surface area contributed by atoms with E-state index in [1.54, 1.807) is 4.90 Å². The number of carbonyl (C=O) groups is 1. The van der Waals surface area contributed by atoms with Gasteiger partial charge in [0.2, 0.25) is 12.3 Å². The summed E-state index contributed by atoms with van der Waals surface area (Å²) in [5.74, 6) is -0.343. The zero-order chi connectivity index (χ0) is 16.7. The van der Waals surface area contributed by atoms with Gasteiger partial charge in [-0.3, -0.25) is 9.78 Å². The number of fused-ring (bicyclic) bond motifs is 2. The summed E-state index contributed by atoms with van der Waals surface area (Å²) in [7, 11) is 0. The molecule has 2 saturated heterocycles. The lowest BCUT2D eigenvalue weighted by molar-refractivity contribution is -0.132. The van der Waals surface area contributed by atoms with Gasteiger partial charge in [-0.2, -0.15) is 0 Å². The number of piperidine rings is 1. The van der Waals surface area contributed by atoms with Gasteiger partial charge in [0.05, 0.1) is 23.7 Å². The smallest absolute Gasteiger partial charge is 0.318 e. The monoisotopic (exact) mass is 351 g/mol. The zero-order valence-corrected chi connectivity index (χ0v) is 13.5. The molecule has 2 aromatic heterocycles. The number of amides is 1. The molecular weight excluding hydrogens is 337 g/mol. The van der Waals surface area contributed by atoms with Gasteiger partial charge >= 0.3 is 6.01 Å². The molecule has 126 valence electrons. The van der Waals surface area contributed by atoms with Crippen LogP contribution in [0.25, 0.3) is 0 Å². The van der Waals surface area contributed by atoms with Gasteiger partial charge in [-0.25, -0.2) is 4.39 Å². The number of halogens is 2. The second-order valence-corrected chi connectivity index (χ2v) is 6.59. The highest BCUT2D eigenvalue weighted by molar-refractivity contribution is 6.31. The van der Waals surface area contributed by atoms with E-state index in [-0.39, 0.29) is 29.0 Å². The lowest BCUT2D eigenvalue weighted by Crippen LogP contribution is -2.46. The van der Waals surface area contributed by atoms with Crippen LogP contribution in [-0.2, 0) is 11.2 Å². The lowest BCUT2D eigenvalue weighted by Gasteiger charge is -2.32. The minimum Gasteiger partial charge on any atom is -0.411 e. The second-order valence-electron chi connectivity index (χ2n) is 6.19. The molecule has 0 N–H and O–H groups in total. The van der Waals surface area contributed by atoms with Gasteiger partial charge in [-0.05, 0) is 12.3 Å². The first-order chi connectivity index (χ1) is 11.6. The number of hydrogen-bond donors (Lipinski definition) is 0. The summed E-state index contributed by atoms with van der Waals surface area (Å²) in [4.78, 5) is 20.1. The maximum absolute atomic E-state index is 13.8. The van der Waals surface area contributed by atoms with E-state index in [4.69, 9.17) is 16.0 Å². The quantitative estimate of drug-likeness (QED) is 0.835. The Labute approximate surface area is 142 Å². The van der Waals surface area contributed by atoms with Crippen molar-refractivity contribution in [1.29, 1.82) is 0 Å². The van der Waals surface area contributed by atoms with Crippen LogP contribution in [0.2, 0.25) is 5.02 Å². The number of anilines is 1. The molecule has 2 aromatic rings. The molecule has 0 aromatic carbocycles. The SMILES string of the molecule is O=C(Cc1c(F)cncc1Cl)N1CC2CC(C1)N(c1nnco1)C2. The van der Waals surface area contributed by atoms with Crippen LogP contribution in [0, 0.1) is 11.7 Å². The van der Waals surface area contributed by atoms with Crippen LogP contribution in [0.1, 0.15) is 12.0 Å². The Hall–Kier alpha value is -2.22. The summed E-state index contributed by atoms with van der Waals surface area (Å²) in [6.45, 7) is 1.98. The summed E-state index contributed by atoms with van der Waals surface area (Å²) in [5.41, 5.74) is 0.198. The first-order valence-corrected chi connectivity index (χ1v) is 8.08. The minimum atomic E-state index is -0.552. The van der Waals surface area contributed by atoms with Gasteiger partial charge in [0, 0.05) is 31.4 Å². The van der Waals surface area contributed by atoms with Gasteiger partial charge in [-0.1, -0.05) is 16.7 Å². The van der Waals surface area contributed by atoms with Crippen LogP contribution in [0.3, 0.4) is 0 Å². The Balaban J connectivity index is 1.47. The first kappa shape index (κ1) is 15.3. The van der Waals surface area contributed by atoms with Crippen LogP contribution >= 0.6 is 11.6 Å². The van der Waals surface area contributed by atoms with E-state index in [9.17, 15) is 9.18 Å². The van der Waals surface area contributed by atoms with Crippen LogP contribution in [0.5, 0.6) is 0 Å². The highest BCUT2D eigenvalue weighted by Gasteiger charge is 2.41. The highest BCUT2D eigenvalue weighted by Crippen LogP contribution is 2.33. The van der Waals surface area contributed by atoms with Crippen molar-refractivity contribution in [3.8, 4) is 0 Å². The number of carbonyl (C=O) groups excluding carboxylic acids is 1. The van der Waals surface area contributed by atoms with Crippen molar-refractivity contribution in [2.24, 2.45) is 5.92 Å². The lowest BCUT2D eigenvalue weighted by atomic mass is 9.99. The summed E-state index contributed by atoms with van der Waals surface area (Å²) >= 11 is 5.96. The Morgan fingerprint density at radius 2 is 2.25 bits per heavy atom. The maximum Gasteiger partial charge on any atom is 0.318 e. The third-order valence-corrected chi connectivity index (χ3v) is 4.96. The number of likely N-dealkylation sites (tertiary alicyclic amines) is 1. The van der Waals surface area contributed by atoms with Gasteiger partial charge in [-0.15, -0.1) is 5.10 Å². The predicted molar refractivity (Wildman–Crippen MR) is 83.0 cm³/mol. The van der Waals surface area contributed by atoms with E-state index < -0.39 is 5.82 Å². The van der Waals surface area contributed by atoms with Gasteiger partial charge in [0.25, 0.3) is 0 Å². The summed E-state index contributed by atoms with van der Waals surface area (Å²) < 4.78 is 19.1. The van der Waals surface area contributed by atoms with E-state index in [0.717, 1.165) is 19.2 Å². The molecule has 24 heavy (non-hydrogen) atoms. The summed E-state index contributed by atoms with van der Waals surface area (Å²) in [5, 5.41) is 7.84. The molecule has 4 heterocycles. The molecule has 2 aliphatic rings. The highest BCUT2D eigenvalue weighted by atomic mass is 35.5. The molecule has 0 radical (unpaired) electrons. The standard InChI is InChI=1S/C15H15ClFN5O2/c16-12-3-18-4-13(17)11(12)2-14(23)21-5-9-1-10(7-21)22(6-9)15-20-19-8-24-15/h3-4,8-10H,1-2,5-7H2. The molecule has 2 fully saturated rings. The summed E-state index contributed by atoms with van der Waals surface area (Å²) in [6.07, 6.45) is 4.65. The molecule has 1 amide bonds. The third-order valence-electron chi connectivity index (χ3n) is 4.64. The van der Waals surface area contributed by atoms with E-state index in [2.05, 4.69) is 15.2 Å². The van der Waals surface area contributed by atoms with Crippen molar-refractivity contribution in [3.05, 3.63) is 35.2 Å². The average molecular weight is 352 g/mol. The fourth-order valence-corrected chi connectivity index (χ4v) is 3.77. The molecule has 2 unspecified atom stereocenters. The Bertz CT molecular complexity index is 736. The summed E-state index contributed by atoms with van der Waals surface area (Å²) in [6, 6.07) is 0.630. The Morgan fingerprint density at radius 1 is 1.38 bits per heavy atom. The predicted octanol–water partition coefficient (Wildman–Crippen LogP) is 1.54. The number of hydrogen-bond acceptors (Lipinski definition) is 6. The molecule has 9 heteroatoms. The van der Waals surface area contributed by atoms with E-state index >= 15 is 0 Å². The second kappa shape index (κ2) is 6.01. The largest absolute Gasteiger partial charge is 0.411 e. The van der Waals surface area contributed by atoms with Crippen LogP contribution < -0.4 is 4.90 Å². The Kier molecular flexibility index (Phi) is 3.84. The molecular formula is C15H15ClFN5O2. The van der Waals surface area contributed by atoms with Crippen molar-refractivity contribution in [3.63, 3.8) is 0 Å². The molecule has 7 nitrogen and oxygen atoms in total. The van der Waals surface area contributed by atoms with Crippen molar-refractivity contribution in [1.82, 2.24) is 20.1 Å². The molecule has 2 aliphatic heterocycles. The van der Waals surface area contributed by atoms with Crippen molar-refractivity contribution >= 4 is 23.5 Å². The van der Waals surface area contributed by atoms with E-state index in [1.807, 2.05) is 4.90 Å². The van der Waals surface area contributed by atoms with Crippen molar-refractivity contribution in [2.45, 2.75) is 18.9 Å². The number of rotatable bonds is 3.